The summed E-state index contributed by atoms with van der Waals surface area (Å²) >= 11 is 1.38. The smallest absolute Gasteiger partial charge is 0.269 e. The minimum atomic E-state index is -0.432. The van der Waals surface area contributed by atoms with Crippen molar-refractivity contribution in [2.24, 2.45) is 0 Å². The molecule has 1 N–H and O–H groups in total. The quantitative estimate of drug-likeness (QED) is 0.436. The SMILES string of the molecule is COc1ccccc1C1CNCCN1C(=O)CSc1ccc([N+](=O)[O-])cc1.Cl. The fraction of sp³-hybridized carbons (Fsp3) is 0.316. The number of thioether (sulfide) groups is 1. The normalized spacial score (nSPS) is 16.2. The number of benzene rings is 2. The van der Waals surface area contributed by atoms with E-state index in [0.717, 1.165) is 22.8 Å². The summed E-state index contributed by atoms with van der Waals surface area (Å²) in [6, 6.07) is 13.9. The van der Waals surface area contributed by atoms with Gasteiger partial charge < -0.3 is 15.0 Å². The zero-order valence-corrected chi connectivity index (χ0v) is 17.0. The van der Waals surface area contributed by atoms with Crippen molar-refractivity contribution >= 4 is 35.8 Å². The van der Waals surface area contributed by atoms with Crippen molar-refractivity contribution in [2.75, 3.05) is 32.5 Å². The maximum Gasteiger partial charge on any atom is 0.269 e. The molecule has 0 bridgehead atoms. The van der Waals surface area contributed by atoms with Gasteiger partial charge in [-0.2, -0.15) is 0 Å². The molecule has 1 fully saturated rings. The second-order valence-corrected chi connectivity index (χ2v) is 7.14. The summed E-state index contributed by atoms with van der Waals surface area (Å²) in [5.74, 6) is 1.09. The van der Waals surface area contributed by atoms with E-state index in [4.69, 9.17) is 4.74 Å². The van der Waals surface area contributed by atoms with Crippen LogP contribution in [0.2, 0.25) is 0 Å². The van der Waals surface area contributed by atoms with Crippen LogP contribution >= 0.6 is 24.2 Å². The standard InChI is InChI=1S/C19H21N3O4S.ClH/c1-26-18-5-3-2-4-16(18)17-12-20-10-11-21(17)19(23)13-27-15-8-6-14(7-9-15)22(24)25;/h2-9,17,20H,10-13H2,1H3;1H. The van der Waals surface area contributed by atoms with Crippen molar-refractivity contribution in [3.8, 4) is 5.75 Å². The Labute approximate surface area is 174 Å². The van der Waals surface area contributed by atoms with E-state index in [9.17, 15) is 14.9 Å². The van der Waals surface area contributed by atoms with Gasteiger partial charge in [0.15, 0.2) is 0 Å². The number of nitrogens with zero attached hydrogens (tertiary/aromatic N) is 2. The molecule has 1 heterocycles. The Balaban J connectivity index is 0.00000280. The van der Waals surface area contributed by atoms with Crippen LogP contribution in [0.3, 0.4) is 0 Å². The Bertz CT molecular complexity index is 819. The van der Waals surface area contributed by atoms with Crippen LogP contribution in [-0.4, -0.2) is 48.2 Å². The molecule has 0 spiro atoms. The number of hydrogen-bond donors (Lipinski definition) is 1. The third-order valence-corrected chi connectivity index (χ3v) is 5.47. The molecule has 1 amide bonds. The van der Waals surface area contributed by atoms with Crippen LogP contribution in [-0.2, 0) is 4.79 Å². The van der Waals surface area contributed by atoms with Crippen LogP contribution in [0.1, 0.15) is 11.6 Å². The number of methoxy groups -OCH3 is 1. The van der Waals surface area contributed by atoms with Gasteiger partial charge in [0, 0.05) is 42.2 Å². The van der Waals surface area contributed by atoms with Crippen LogP contribution < -0.4 is 10.1 Å². The summed E-state index contributed by atoms with van der Waals surface area (Å²) < 4.78 is 5.46. The molecule has 2 aromatic carbocycles. The summed E-state index contributed by atoms with van der Waals surface area (Å²) in [7, 11) is 1.63. The highest BCUT2D eigenvalue weighted by Gasteiger charge is 2.29. The highest BCUT2D eigenvalue weighted by atomic mass is 35.5. The first kappa shape index (κ1) is 22.0. The van der Waals surface area contributed by atoms with Gasteiger partial charge in [0.1, 0.15) is 5.75 Å². The molecule has 0 aromatic heterocycles. The van der Waals surface area contributed by atoms with Gasteiger partial charge in [-0.1, -0.05) is 18.2 Å². The Kier molecular flexibility index (Phi) is 8.10. The first-order chi connectivity index (χ1) is 13.1. The zero-order valence-electron chi connectivity index (χ0n) is 15.4. The lowest BCUT2D eigenvalue weighted by molar-refractivity contribution is -0.384. The van der Waals surface area contributed by atoms with Gasteiger partial charge in [-0.3, -0.25) is 14.9 Å². The molecular weight excluding hydrogens is 402 g/mol. The van der Waals surface area contributed by atoms with E-state index in [1.165, 1.54) is 23.9 Å². The van der Waals surface area contributed by atoms with Gasteiger partial charge in [0.25, 0.3) is 5.69 Å². The Hall–Kier alpha value is -2.29. The number of non-ortho nitro benzene ring substituents is 1. The van der Waals surface area contributed by atoms with E-state index in [1.54, 1.807) is 19.2 Å². The van der Waals surface area contributed by atoms with Crippen molar-refractivity contribution in [1.29, 1.82) is 0 Å². The van der Waals surface area contributed by atoms with Gasteiger partial charge in [-0.15, -0.1) is 24.2 Å². The maximum atomic E-state index is 12.9. The average molecular weight is 424 g/mol. The summed E-state index contributed by atoms with van der Waals surface area (Å²) in [5.41, 5.74) is 1.03. The minimum Gasteiger partial charge on any atom is -0.496 e. The molecule has 1 aliphatic heterocycles. The van der Waals surface area contributed by atoms with Gasteiger partial charge in [-0.25, -0.2) is 0 Å². The van der Waals surface area contributed by atoms with Crippen LogP contribution in [0, 0.1) is 10.1 Å². The van der Waals surface area contributed by atoms with Gasteiger partial charge >= 0.3 is 0 Å². The molecular formula is C19H22ClN3O4S. The third kappa shape index (κ3) is 5.15. The lowest BCUT2D eigenvalue weighted by atomic mass is 10.0. The Morgan fingerprint density at radius 1 is 1.29 bits per heavy atom. The molecule has 1 saturated heterocycles. The van der Waals surface area contributed by atoms with Crippen molar-refractivity contribution in [3.63, 3.8) is 0 Å². The fourth-order valence-electron chi connectivity index (χ4n) is 3.11. The number of amides is 1. The number of halogens is 1. The highest BCUT2D eigenvalue weighted by molar-refractivity contribution is 8.00. The number of piperazine rings is 1. The second-order valence-electron chi connectivity index (χ2n) is 6.09. The number of nitro benzene ring substituents is 1. The molecule has 28 heavy (non-hydrogen) atoms. The monoisotopic (exact) mass is 423 g/mol. The van der Waals surface area contributed by atoms with Crippen molar-refractivity contribution < 1.29 is 14.5 Å². The molecule has 9 heteroatoms. The van der Waals surface area contributed by atoms with E-state index >= 15 is 0 Å². The number of nitro groups is 1. The van der Waals surface area contributed by atoms with Crippen LogP contribution in [0.25, 0.3) is 0 Å². The van der Waals surface area contributed by atoms with Gasteiger partial charge in [0.2, 0.25) is 5.91 Å². The van der Waals surface area contributed by atoms with Gasteiger partial charge in [-0.05, 0) is 18.2 Å². The second kappa shape index (κ2) is 10.3. The summed E-state index contributed by atoms with van der Waals surface area (Å²) in [6.45, 7) is 2.05. The molecule has 7 nitrogen and oxygen atoms in total. The highest BCUT2D eigenvalue weighted by Crippen LogP contribution is 2.31. The van der Waals surface area contributed by atoms with Crippen molar-refractivity contribution in [3.05, 3.63) is 64.2 Å². The van der Waals surface area contributed by atoms with Crippen LogP contribution in [0.15, 0.2) is 53.4 Å². The summed E-state index contributed by atoms with van der Waals surface area (Å²) in [4.78, 5) is 25.9. The van der Waals surface area contributed by atoms with Crippen molar-refractivity contribution in [1.82, 2.24) is 10.2 Å². The molecule has 0 aliphatic carbocycles. The summed E-state index contributed by atoms with van der Waals surface area (Å²) in [5, 5.41) is 14.1. The predicted molar refractivity (Wildman–Crippen MR) is 111 cm³/mol. The number of rotatable bonds is 6. The fourth-order valence-corrected chi connectivity index (χ4v) is 3.90. The van der Waals surface area contributed by atoms with Crippen molar-refractivity contribution in [2.45, 2.75) is 10.9 Å². The first-order valence-electron chi connectivity index (χ1n) is 8.60. The van der Waals surface area contributed by atoms with E-state index in [-0.39, 0.29) is 35.8 Å². The molecule has 1 atom stereocenters. The predicted octanol–water partition coefficient (Wildman–Crippen LogP) is 3.29. The maximum absolute atomic E-state index is 12.9. The molecule has 150 valence electrons. The molecule has 0 radical (unpaired) electrons. The molecule has 1 aliphatic rings. The van der Waals surface area contributed by atoms with E-state index < -0.39 is 4.92 Å². The number of ether oxygens (including phenoxy) is 1. The largest absolute Gasteiger partial charge is 0.496 e. The first-order valence-corrected chi connectivity index (χ1v) is 9.59. The summed E-state index contributed by atoms with van der Waals surface area (Å²) in [6.07, 6.45) is 0. The number of para-hydroxylation sites is 1. The molecule has 3 rings (SSSR count). The lowest BCUT2D eigenvalue weighted by Gasteiger charge is -2.37. The van der Waals surface area contributed by atoms with Gasteiger partial charge in [0.05, 0.1) is 23.8 Å². The third-order valence-electron chi connectivity index (χ3n) is 4.47. The molecule has 2 aromatic rings. The van der Waals surface area contributed by atoms with E-state index in [0.29, 0.717) is 13.1 Å². The number of nitrogens with one attached hydrogen (secondary N) is 1. The van der Waals surface area contributed by atoms with Crippen LogP contribution in [0.5, 0.6) is 5.75 Å². The average Bonchev–Trinajstić information content (AvgIpc) is 2.72. The molecule has 1 unspecified atom stereocenters. The van der Waals surface area contributed by atoms with E-state index in [2.05, 4.69) is 5.32 Å². The number of hydrogen-bond acceptors (Lipinski definition) is 6. The topological polar surface area (TPSA) is 84.7 Å². The number of carbonyl (C=O) groups excluding carboxylic acids is 1. The molecule has 0 saturated carbocycles. The van der Waals surface area contributed by atoms with E-state index in [1.807, 2.05) is 29.2 Å². The Morgan fingerprint density at radius 2 is 2.00 bits per heavy atom. The lowest BCUT2D eigenvalue weighted by Crippen LogP contribution is -2.49. The van der Waals surface area contributed by atoms with Crippen LogP contribution in [0.4, 0.5) is 5.69 Å². The minimum absolute atomic E-state index is 0. The Morgan fingerprint density at radius 3 is 2.68 bits per heavy atom. The zero-order chi connectivity index (χ0) is 19.2. The number of carbonyl (C=O) groups is 1.